The van der Waals surface area contributed by atoms with Crippen LogP contribution in [0.2, 0.25) is 0 Å². The van der Waals surface area contributed by atoms with Gasteiger partial charge in [-0.25, -0.2) is 0 Å². The van der Waals surface area contributed by atoms with Gasteiger partial charge in [0.15, 0.2) is 0 Å². The molecule has 1 aliphatic heterocycles. The predicted octanol–water partition coefficient (Wildman–Crippen LogP) is 3.43. The minimum Gasteiger partial charge on any atom is -0.481 e. The summed E-state index contributed by atoms with van der Waals surface area (Å²) in [6.45, 7) is 1.21. The van der Waals surface area contributed by atoms with E-state index in [0.717, 1.165) is 9.40 Å². The third kappa shape index (κ3) is 2.79. The van der Waals surface area contributed by atoms with E-state index in [1.807, 2.05) is 18.2 Å². The van der Waals surface area contributed by atoms with Crippen LogP contribution in [0.25, 0.3) is 19.5 Å². The monoisotopic (exact) mass is 361 g/mol. The van der Waals surface area contributed by atoms with Gasteiger partial charge in [-0.2, -0.15) is 0 Å². The van der Waals surface area contributed by atoms with Crippen LogP contribution in [0.15, 0.2) is 30.3 Å². The van der Waals surface area contributed by atoms with E-state index in [1.165, 1.54) is 21.4 Å². The topological polar surface area (TPSA) is 66.8 Å². The van der Waals surface area contributed by atoms with Gasteiger partial charge in [0, 0.05) is 27.9 Å². The first-order chi connectivity index (χ1) is 11.6. The zero-order valence-electron chi connectivity index (χ0n) is 12.7. The van der Waals surface area contributed by atoms with Crippen molar-refractivity contribution in [2.24, 2.45) is 0 Å². The van der Waals surface area contributed by atoms with Crippen molar-refractivity contribution in [3.63, 3.8) is 0 Å². The Labute approximate surface area is 146 Å². The minimum absolute atomic E-state index is 0.0360. The molecular weight excluding hydrogens is 346 g/mol. The van der Waals surface area contributed by atoms with Gasteiger partial charge in [0.25, 0.3) is 5.91 Å². The third-order valence-corrected chi connectivity index (χ3v) is 6.49. The molecule has 1 aliphatic rings. The van der Waals surface area contributed by atoms with Crippen LogP contribution < -0.4 is 0 Å². The van der Waals surface area contributed by atoms with Crippen LogP contribution in [0.1, 0.15) is 16.1 Å². The number of thiophene rings is 2. The van der Waals surface area contributed by atoms with Gasteiger partial charge in [-0.15, -0.1) is 22.7 Å². The average molecular weight is 361 g/mol. The lowest BCUT2D eigenvalue weighted by Gasteiger charge is -2.32. The summed E-state index contributed by atoms with van der Waals surface area (Å²) in [5.41, 5.74) is 0. The Morgan fingerprint density at radius 3 is 2.92 bits per heavy atom. The van der Waals surface area contributed by atoms with E-state index in [1.54, 1.807) is 16.2 Å². The molecule has 124 valence electrons. The zero-order chi connectivity index (χ0) is 16.7. The highest BCUT2D eigenvalue weighted by molar-refractivity contribution is 7.33. The number of rotatable bonds is 3. The smallest absolute Gasteiger partial charge is 0.306 e. The van der Waals surface area contributed by atoms with E-state index < -0.39 is 12.1 Å². The van der Waals surface area contributed by atoms with Crippen LogP contribution in [-0.4, -0.2) is 47.7 Å². The second-order valence-electron chi connectivity index (χ2n) is 5.74. The fraction of sp³-hybridized carbons (Fsp3) is 0.294. The number of morpholine rings is 1. The summed E-state index contributed by atoms with van der Waals surface area (Å²) >= 11 is 3.21. The lowest BCUT2D eigenvalue weighted by atomic mass is 10.2. The number of carbonyl (C=O) groups is 2. The number of carboxylic acid groups (broad SMARTS) is 1. The molecule has 1 saturated heterocycles. The second kappa shape index (κ2) is 6.16. The molecule has 3 aromatic rings. The molecule has 0 bridgehead atoms. The lowest BCUT2D eigenvalue weighted by molar-refractivity contribution is -0.141. The van der Waals surface area contributed by atoms with Crippen molar-refractivity contribution in [1.82, 2.24) is 4.90 Å². The molecule has 24 heavy (non-hydrogen) atoms. The highest BCUT2D eigenvalue weighted by Crippen LogP contribution is 2.39. The molecule has 0 saturated carbocycles. The Balaban J connectivity index is 1.59. The third-order valence-electron chi connectivity index (χ3n) is 4.09. The van der Waals surface area contributed by atoms with Crippen LogP contribution >= 0.6 is 22.7 Å². The van der Waals surface area contributed by atoms with Crippen LogP contribution in [0.5, 0.6) is 0 Å². The molecule has 5 nitrogen and oxygen atoms in total. The highest BCUT2D eigenvalue weighted by Gasteiger charge is 2.27. The first-order valence-electron chi connectivity index (χ1n) is 7.65. The Kier molecular flexibility index (Phi) is 3.99. The van der Waals surface area contributed by atoms with Gasteiger partial charge in [-0.3, -0.25) is 9.59 Å². The summed E-state index contributed by atoms with van der Waals surface area (Å²) in [4.78, 5) is 26.0. The van der Waals surface area contributed by atoms with E-state index >= 15 is 0 Å². The Morgan fingerprint density at radius 1 is 1.25 bits per heavy atom. The van der Waals surface area contributed by atoms with Gasteiger partial charge >= 0.3 is 5.97 Å². The number of carboxylic acids is 1. The number of hydrogen-bond donors (Lipinski definition) is 1. The van der Waals surface area contributed by atoms with E-state index in [-0.39, 0.29) is 12.3 Å². The molecular formula is C17H15NO4S2. The normalized spacial score (nSPS) is 18.3. The van der Waals surface area contributed by atoms with Crippen molar-refractivity contribution in [3.05, 3.63) is 35.2 Å². The molecule has 0 aliphatic carbocycles. The number of aliphatic carboxylic acids is 1. The Hall–Kier alpha value is -1.96. The molecule has 1 aromatic carbocycles. The summed E-state index contributed by atoms with van der Waals surface area (Å²) in [5, 5.41) is 10.1. The Bertz CT molecular complexity index is 929. The maximum atomic E-state index is 12.8. The van der Waals surface area contributed by atoms with Crippen LogP contribution in [0.3, 0.4) is 0 Å². The average Bonchev–Trinajstić information content (AvgIpc) is 3.11. The second-order valence-corrected chi connectivity index (χ2v) is 7.88. The molecule has 7 heteroatoms. The van der Waals surface area contributed by atoms with E-state index in [4.69, 9.17) is 9.84 Å². The highest BCUT2D eigenvalue weighted by atomic mass is 32.1. The molecule has 1 N–H and O–H groups in total. The number of fused-ring (bicyclic) bond motifs is 3. The maximum absolute atomic E-state index is 12.8. The molecule has 1 unspecified atom stereocenters. The van der Waals surface area contributed by atoms with Crippen molar-refractivity contribution < 1.29 is 19.4 Å². The lowest BCUT2D eigenvalue weighted by Crippen LogP contribution is -2.46. The maximum Gasteiger partial charge on any atom is 0.306 e. The van der Waals surface area contributed by atoms with Gasteiger partial charge in [0.2, 0.25) is 0 Å². The van der Waals surface area contributed by atoms with Crippen LogP contribution in [-0.2, 0) is 9.53 Å². The molecule has 1 fully saturated rings. The number of nitrogens with zero attached hydrogens (tertiary/aromatic N) is 1. The van der Waals surface area contributed by atoms with Crippen molar-refractivity contribution in [1.29, 1.82) is 0 Å². The molecule has 2 aromatic heterocycles. The minimum atomic E-state index is -0.905. The number of ether oxygens (including phenoxy) is 1. The van der Waals surface area contributed by atoms with E-state index in [0.29, 0.717) is 24.6 Å². The van der Waals surface area contributed by atoms with Gasteiger partial charge in [-0.1, -0.05) is 18.2 Å². The number of amides is 1. The quantitative estimate of drug-likeness (QED) is 0.776. The van der Waals surface area contributed by atoms with E-state index in [9.17, 15) is 9.59 Å². The van der Waals surface area contributed by atoms with Crippen LogP contribution in [0, 0.1) is 0 Å². The molecule has 1 atom stereocenters. The first kappa shape index (κ1) is 15.6. The number of benzene rings is 1. The fourth-order valence-electron chi connectivity index (χ4n) is 2.98. The zero-order valence-corrected chi connectivity index (χ0v) is 14.4. The van der Waals surface area contributed by atoms with Crippen molar-refractivity contribution >= 4 is 54.0 Å². The van der Waals surface area contributed by atoms with Gasteiger partial charge < -0.3 is 14.7 Å². The molecule has 4 rings (SSSR count). The number of hydrogen-bond acceptors (Lipinski definition) is 5. The Morgan fingerprint density at radius 2 is 2.08 bits per heavy atom. The standard InChI is InChI=1S/C17H15NO4S2/c19-15(20)7-10-9-18(5-6-22-10)17(21)14-8-13-16(24-14)11-3-1-2-4-12(11)23-13/h1-4,8,10H,5-7,9H2,(H,19,20). The molecule has 3 heterocycles. The molecule has 0 spiro atoms. The van der Waals surface area contributed by atoms with E-state index in [2.05, 4.69) is 12.1 Å². The van der Waals surface area contributed by atoms with Crippen molar-refractivity contribution in [3.8, 4) is 0 Å². The molecule has 1 amide bonds. The van der Waals surface area contributed by atoms with Gasteiger partial charge in [0.05, 0.1) is 28.7 Å². The summed E-state index contributed by atoms with van der Waals surface area (Å²) in [6, 6.07) is 10.1. The summed E-state index contributed by atoms with van der Waals surface area (Å²) in [7, 11) is 0. The summed E-state index contributed by atoms with van der Waals surface area (Å²) in [5.74, 6) is -0.941. The van der Waals surface area contributed by atoms with Crippen molar-refractivity contribution in [2.45, 2.75) is 12.5 Å². The van der Waals surface area contributed by atoms with Crippen molar-refractivity contribution in [2.75, 3.05) is 19.7 Å². The van der Waals surface area contributed by atoms with Gasteiger partial charge in [-0.05, 0) is 12.1 Å². The van der Waals surface area contributed by atoms with Gasteiger partial charge in [0.1, 0.15) is 0 Å². The first-order valence-corrected chi connectivity index (χ1v) is 9.29. The summed E-state index contributed by atoms with van der Waals surface area (Å²) in [6.07, 6.45) is -0.504. The fourth-order valence-corrected chi connectivity index (χ4v) is 5.48. The largest absolute Gasteiger partial charge is 0.481 e. The van der Waals surface area contributed by atoms with Crippen LogP contribution in [0.4, 0.5) is 0 Å². The predicted molar refractivity (Wildman–Crippen MR) is 95.1 cm³/mol. The number of carbonyl (C=O) groups excluding carboxylic acids is 1. The molecule has 0 radical (unpaired) electrons. The summed E-state index contributed by atoms with van der Waals surface area (Å²) < 4.78 is 8.94. The SMILES string of the molecule is O=C(O)CC1CN(C(=O)c2cc3sc4ccccc4c3s2)CCO1.